The number of aryl methyl sites for hydroxylation is 1. The predicted molar refractivity (Wildman–Crippen MR) is 86.9 cm³/mol. The van der Waals surface area contributed by atoms with Crippen molar-refractivity contribution in [2.45, 2.75) is 65.2 Å². The first-order chi connectivity index (χ1) is 8.89. The molecule has 0 heterocycles. The molecule has 0 atom stereocenters. The van der Waals surface area contributed by atoms with Crippen LogP contribution in [0.3, 0.4) is 0 Å². The summed E-state index contributed by atoms with van der Waals surface area (Å²) in [7, 11) is 0. The standard InChI is InChI=1S/C18H29Cl/c1-6-9-16-10-7-8-11-17(16)18(19,12-14(2)3)13-15(4)5/h7-8,10-11,14-15H,6,9,12-13H2,1-5H3. The summed E-state index contributed by atoms with van der Waals surface area (Å²) in [6.45, 7) is 11.3. The zero-order valence-corrected chi connectivity index (χ0v) is 13.9. The fraction of sp³-hybridized carbons (Fsp3) is 0.667. The number of hydrogen-bond donors (Lipinski definition) is 0. The van der Waals surface area contributed by atoms with Gasteiger partial charge in [0.1, 0.15) is 0 Å². The van der Waals surface area contributed by atoms with Crippen molar-refractivity contribution in [2.24, 2.45) is 11.8 Å². The van der Waals surface area contributed by atoms with Crippen molar-refractivity contribution in [1.29, 1.82) is 0 Å². The summed E-state index contributed by atoms with van der Waals surface area (Å²) in [4.78, 5) is -0.200. The Morgan fingerprint density at radius 1 is 1.00 bits per heavy atom. The molecular formula is C18H29Cl. The Hall–Kier alpha value is -0.490. The molecule has 1 rings (SSSR count). The van der Waals surface area contributed by atoms with E-state index in [1.54, 1.807) is 0 Å². The van der Waals surface area contributed by atoms with Crippen molar-refractivity contribution in [2.75, 3.05) is 0 Å². The molecule has 1 heteroatoms. The fourth-order valence-electron chi connectivity index (χ4n) is 3.04. The third-order valence-electron chi connectivity index (χ3n) is 3.48. The van der Waals surface area contributed by atoms with Crippen molar-refractivity contribution in [3.63, 3.8) is 0 Å². The second-order valence-corrected chi connectivity index (χ2v) is 7.29. The molecule has 0 unspecified atom stereocenters. The normalized spacial score (nSPS) is 12.4. The van der Waals surface area contributed by atoms with Crippen LogP contribution in [0.25, 0.3) is 0 Å². The maximum absolute atomic E-state index is 7.10. The summed E-state index contributed by atoms with van der Waals surface area (Å²) in [5, 5.41) is 0. The summed E-state index contributed by atoms with van der Waals surface area (Å²) in [6.07, 6.45) is 4.40. The molecule has 0 amide bonds. The molecule has 0 aromatic heterocycles. The maximum atomic E-state index is 7.10. The summed E-state index contributed by atoms with van der Waals surface area (Å²) < 4.78 is 0. The zero-order chi connectivity index (χ0) is 14.5. The molecule has 1 aromatic rings. The van der Waals surface area contributed by atoms with Crippen LogP contribution < -0.4 is 0 Å². The highest BCUT2D eigenvalue weighted by Crippen LogP contribution is 2.43. The zero-order valence-electron chi connectivity index (χ0n) is 13.2. The van der Waals surface area contributed by atoms with Gasteiger partial charge in [-0.25, -0.2) is 0 Å². The molecule has 0 saturated carbocycles. The van der Waals surface area contributed by atoms with Crippen LogP contribution in [0.2, 0.25) is 0 Å². The van der Waals surface area contributed by atoms with Gasteiger partial charge in [-0.15, -0.1) is 11.6 Å². The molecule has 0 aliphatic carbocycles. The van der Waals surface area contributed by atoms with Gasteiger partial charge in [0.2, 0.25) is 0 Å². The van der Waals surface area contributed by atoms with Crippen molar-refractivity contribution in [3.8, 4) is 0 Å². The minimum Gasteiger partial charge on any atom is -0.114 e. The molecule has 19 heavy (non-hydrogen) atoms. The first-order valence-electron chi connectivity index (χ1n) is 7.66. The molecule has 0 fully saturated rings. The van der Waals surface area contributed by atoms with Gasteiger partial charge in [0, 0.05) is 0 Å². The first kappa shape index (κ1) is 16.6. The highest BCUT2D eigenvalue weighted by Gasteiger charge is 2.32. The third kappa shape index (κ3) is 4.84. The van der Waals surface area contributed by atoms with Crippen LogP contribution in [0.5, 0.6) is 0 Å². The monoisotopic (exact) mass is 280 g/mol. The number of hydrogen-bond acceptors (Lipinski definition) is 0. The van der Waals surface area contributed by atoms with E-state index in [1.807, 2.05) is 0 Å². The highest BCUT2D eigenvalue weighted by molar-refractivity contribution is 6.24. The van der Waals surface area contributed by atoms with Crippen molar-refractivity contribution in [3.05, 3.63) is 35.4 Å². The lowest BCUT2D eigenvalue weighted by molar-refractivity contribution is 0.379. The van der Waals surface area contributed by atoms with E-state index in [9.17, 15) is 0 Å². The molecule has 0 aliphatic heterocycles. The molecule has 108 valence electrons. The fourth-order valence-corrected chi connectivity index (χ4v) is 3.84. The molecule has 0 N–H and O–H groups in total. The maximum Gasteiger partial charge on any atom is 0.0702 e. The molecule has 0 nitrogen and oxygen atoms in total. The van der Waals surface area contributed by atoms with Crippen LogP contribution in [0, 0.1) is 11.8 Å². The Labute approximate surface area is 124 Å². The highest BCUT2D eigenvalue weighted by atomic mass is 35.5. The van der Waals surface area contributed by atoms with Crippen molar-refractivity contribution >= 4 is 11.6 Å². The van der Waals surface area contributed by atoms with Gasteiger partial charge in [0.05, 0.1) is 4.87 Å². The van der Waals surface area contributed by atoms with E-state index in [-0.39, 0.29) is 4.87 Å². The second kappa shape index (κ2) is 7.33. The second-order valence-electron chi connectivity index (χ2n) is 6.57. The minimum atomic E-state index is -0.200. The van der Waals surface area contributed by atoms with Gasteiger partial charge in [-0.1, -0.05) is 65.3 Å². The lowest BCUT2D eigenvalue weighted by atomic mass is 9.80. The predicted octanol–water partition coefficient (Wildman–Crippen LogP) is 6.17. The SMILES string of the molecule is CCCc1ccccc1C(Cl)(CC(C)C)CC(C)C. The molecule has 1 aromatic carbocycles. The number of halogens is 1. The lowest BCUT2D eigenvalue weighted by Crippen LogP contribution is -2.25. The molecule has 0 radical (unpaired) electrons. The van der Waals surface area contributed by atoms with E-state index in [2.05, 4.69) is 58.9 Å². The van der Waals surface area contributed by atoms with E-state index < -0.39 is 0 Å². The Balaban J connectivity index is 3.16. The van der Waals surface area contributed by atoms with Gasteiger partial charge in [-0.3, -0.25) is 0 Å². The minimum absolute atomic E-state index is 0.200. The van der Waals surface area contributed by atoms with Gasteiger partial charge < -0.3 is 0 Å². The molecule has 0 aliphatic rings. The average molecular weight is 281 g/mol. The van der Waals surface area contributed by atoms with Gasteiger partial charge in [-0.2, -0.15) is 0 Å². The van der Waals surface area contributed by atoms with Gasteiger partial charge >= 0.3 is 0 Å². The van der Waals surface area contributed by atoms with E-state index in [1.165, 1.54) is 17.5 Å². The van der Waals surface area contributed by atoms with Crippen LogP contribution in [0.1, 0.15) is 65.0 Å². The van der Waals surface area contributed by atoms with E-state index in [0.29, 0.717) is 11.8 Å². The molecule has 0 saturated heterocycles. The third-order valence-corrected chi connectivity index (χ3v) is 4.00. The molecular weight excluding hydrogens is 252 g/mol. The molecule has 0 bridgehead atoms. The average Bonchev–Trinajstić information content (AvgIpc) is 2.27. The Kier molecular flexibility index (Phi) is 6.39. The van der Waals surface area contributed by atoms with Crippen molar-refractivity contribution < 1.29 is 0 Å². The van der Waals surface area contributed by atoms with Crippen molar-refractivity contribution in [1.82, 2.24) is 0 Å². The lowest BCUT2D eigenvalue weighted by Gasteiger charge is -2.33. The number of rotatable bonds is 7. The van der Waals surface area contributed by atoms with Gasteiger partial charge in [-0.05, 0) is 42.2 Å². The van der Waals surface area contributed by atoms with E-state index >= 15 is 0 Å². The summed E-state index contributed by atoms with van der Waals surface area (Å²) >= 11 is 7.10. The van der Waals surface area contributed by atoms with Crippen LogP contribution >= 0.6 is 11.6 Å². The summed E-state index contributed by atoms with van der Waals surface area (Å²) in [6, 6.07) is 8.75. The van der Waals surface area contributed by atoms with E-state index in [0.717, 1.165) is 19.3 Å². The first-order valence-corrected chi connectivity index (χ1v) is 8.04. The van der Waals surface area contributed by atoms with Crippen LogP contribution in [0.15, 0.2) is 24.3 Å². The summed E-state index contributed by atoms with van der Waals surface area (Å²) in [5.74, 6) is 1.23. The van der Waals surface area contributed by atoms with Crippen LogP contribution in [-0.2, 0) is 11.3 Å². The quantitative estimate of drug-likeness (QED) is 0.524. The number of alkyl halides is 1. The Morgan fingerprint density at radius 2 is 1.53 bits per heavy atom. The van der Waals surface area contributed by atoms with Crippen LogP contribution in [0.4, 0.5) is 0 Å². The topological polar surface area (TPSA) is 0 Å². The van der Waals surface area contributed by atoms with Crippen LogP contribution in [-0.4, -0.2) is 0 Å². The summed E-state index contributed by atoms with van der Waals surface area (Å²) in [5.41, 5.74) is 2.79. The number of benzene rings is 1. The van der Waals surface area contributed by atoms with E-state index in [4.69, 9.17) is 11.6 Å². The molecule has 0 spiro atoms. The Bertz CT molecular complexity index is 369. The smallest absolute Gasteiger partial charge is 0.0702 e. The Morgan fingerprint density at radius 3 is 2.00 bits per heavy atom. The van der Waals surface area contributed by atoms with Gasteiger partial charge in [0.25, 0.3) is 0 Å². The van der Waals surface area contributed by atoms with Gasteiger partial charge in [0.15, 0.2) is 0 Å². The largest absolute Gasteiger partial charge is 0.114 e.